The summed E-state index contributed by atoms with van der Waals surface area (Å²) in [5.41, 5.74) is 0.146. The molecule has 0 aliphatic heterocycles. The monoisotopic (exact) mass is 277 g/mol. The van der Waals surface area contributed by atoms with Gasteiger partial charge in [-0.1, -0.05) is 51.1 Å². The molecule has 1 aromatic rings. The lowest BCUT2D eigenvalue weighted by Gasteiger charge is -2.31. The van der Waals surface area contributed by atoms with Crippen LogP contribution in [0, 0.1) is 5.41 Å². The summed E-state index contributed by atoms with van der Waals surface area (Å²) in [7, 11) is 0. The molecule has 1 amide bonds. The first kappa shape index (κ1) is 16.7. The van der Waals surface area contributed by atoms with Crippen LogP contribution >= 0.6 is 0 Å². The van der Waals surface area contributed by atoms with Crippen LogP contribution in [0.3, 0.4) is 0 Å². The van der Waals surface area contributed by atoms with Gasteiger partial charge >= 0.3 is 0 Å². The Hall–Kier alpha value is -1.35. The second-order valence-corrected chi connectivity index (χ2v) is 7.29. The topological polar surface area (TPSA) is 40.5 Å². The molecular weight excluding hydrogens is 250 g/mol. The molecule has 0 unspecified atom stereocenters. The third-order valence-corrected chi connectivity index (χ3v) is 2.83. The average molecular weight is 277 g/mol. The quantitative estimate of drug-likeness (QED) is 0.897. The number of amides is 1. The molecule has 0 bridgehead atoms. The van der Waals surface area contributed by atoms with Gasteiger partial charge in [0.15, 0.2) is 0 Å². The van der Waals surface area contributed by atoms with Gasteiger partial charge in [0.25, 0.3) is 0 Å². The third-order valence-electron chi connectivity index (χ3n) is 2.83. The summed E-state index contributed by atoms with van der Waals surface area (Å²) in [6, 6.07) is 9.89. The smallest absolute Gasteiger partial charge is 0.223 e. The second-order valence-electron chi connectivity index (χ2n) is 7.29. The van der Waals surface area contributed by atoms with Gasteiger partial charge in [0.05, 0.1) is 5.60 Å². The van der Waals surface area contributed by atoms with Crippen molar-refractivity contribution in [3.63, 3.8) is 0 Å². The van der Waals surface area contributed by atoms with Gasteiger partial charge in [0, 0.05) is 19.5 Å². The minimum atomic E-state index is -0.887. The standard InChI is InChI=1S/C17H27NO2/c1-16(2,3)11-15(19)18(13-17(4,5)20)12-14-9-7-6-8-10-14/h6-10,20H,11-13H2,1-5H3. The zero-order chi connectivity index (χ0) is 15.4. The van der Waals surface area contributed by atoms with Gasteiger partial charge in [-0.15, -0.1) is 0 Å². The summed E-state index contributed by atoms with van der Waals surface area (Å²) >= 11 is 0. The maximum Gasteiger partial charge on any atom is 0.223 e. The molecule has 0 saturated carbocycles. The molecule has 112 valence electrons. The highest BCUT2D eigenvalue weighted by Crippen LogP contribution is 2.21. The number of hydrogen-bond acceptors (Lipinski definition) is 2. The summed E-state index contributed by atoms with van der Waals surface area (Å²) < 4.78 is 0. The summed E-state index contributed by atoms with van der Waals surface area (Å²) in [4.78, 5) is 14.2. The molecule has 0 aliphatic rings. The Morgan fingerprint density at radius 3 is 2.10 bits per heavy atom. The Balaban J connectivity index is 2.83. The SMILES string of the molecule is CC(C)(C)CC(=O)N(Cc1ccccc1)CC(C)(C)O. The van der Waals surface area contributed by atoms with Gasteiger partial charge in [-0.05, 0) is 24.8 Å². The number of benzene rings is 1. The van der Waals surface area contributed by atoms with Crippen molar-refractivity contribution in [2.75, 3.05) is 6.54 Å². The van der Waals surface area contributed by atoms with E-state index in [-0.39, 0.29) is 11.3 Å². The van der Waals surface area contributed by atoms with E-state index in [1.54, 1.807) is 18.7 Å². The van der Waals surface area contributed by atoms with Crippen LogP contribution in [-0.2, 0) is 11.3 Å². The molecule has 1 N–H and O–H groups in total. The van der Waals surface area contributed by atoms with Gasteiger partial charge in [-0.2, -0.15) is 0 Å². The molecule has 3 nitrogen and oxygen atoms in total. The lowest BCUT2D eigenvalue weighted by Crippen LogP contribution is -2.42. The van der Waals surface area contributed by atoms with E-state index in [4.69, 9.17) is 0 Å². The Bertz CT molecular complexity index is 427. The lowest BCUT2D eigenvalue weighted by molar-refractivity contribution is -0.136. The number of nitrogens with zero attached hydrogens (tertiary/aromatic N) is 1. The highest BCUT2D eigenvalue weighted by atomic mass is 16.3. The minimum Gasteiger partial charge on any atom is -0.389 e. The van der Waals surface area contributed by atoms with Crippen molar-refractivity contribution in [1.29, 1.82) is 0 Å². The van der Waals surface area contributed by atoms with Crippen LogP contribution in [0.5, 0.6) is 0 Å². The molecule has 0 aliphatic carbocycles. The van der Waals surface area contributed by atoms with Crippen LogP contribution in [-0.4, -0.2) is 28.1 Å². The first-order chi connectivity index (χ1) is 9.07. The zero-order valence-electron chi connectivity index (χ0n) is 13.3. The Labute approximate surface area is 122 Å². The normalized spacial score (nSPS) is 12.3. The highest BCUT2D eigenvalue weighted by molar-refractivity contribution is 5.77. The van der Waals surface area contributed by atoms with Crippen LogP contribution < -0.4 is 0 Å². The Kier molecular flexibility index (Phi) is 5.35. The molecule has 0 atom stereocenters. The fourth-order valence-corrected chi connectivity index (χ4v) is 2.07. The first-order valence-corrected chi connectivity index (χ1v) is 7.11. The molecule has 0 spiro atoms. The molecule has 0 aromatic heterocycles. The van der Waals surface area contributed by atoms with Gasteiger partial charge in [-0.3, -0.25) is 4.79 Å². The predicted molar refractivity (Wildman–Crippen MR) is 82.2 cm³/mol. The predicted octanol–water partition coefficient (Wildman–Crippen LogP) is 3.22. The van der Waals surface area contributed by atoms with Crippen LogP contribution in [0.2, 0.25) is 0 Å². The molecule has 0 saturated heterocycles. The molecule has 0 fully saturated rings. The van der Waals surface area contributed by atoms with Crippen molar-refractivity contribution >= 4 is 5.91 Å². The zero-order valence-corrected chi connectivity index (χ0v) is 13.3. The molecule has 1 aromatic carbocycles. The first-order valence-electron chi connectivity index (χ1n) is 7.11. The maximum atomic E-state index is 12.5. The average Bonchev–Trinajstić information content (AvgIpc) is 2.25. The van der Waals surface area contributed by atoms with E-state index in [0.717, 1.165) is 5.56 Å². The number of hydrogen-bond donors (Lipinski definition) is 1. The van der Waals surface area contributed by atoms with Crippen molar-refractivity contribution < 1.29 is 9.90 Å². The molecule has 3 heteroatoms. The highest BCUT2D eigenvalue weighted by Gasteiger charge is 2.25. The number of aliphatic hydroxyl groups is 1. The van der Waals surface area contributed by atoms with Crippen molar-refractivity contribution in [2.24, 2.45) is 5.41 Å². The summed E-state index contributed by atoms with van der Waals surface area (Å²) in [5, 5.41) is 10.0. The fraction of sp³-hybridized carbons (Fsp3) is 0.588. The van der Waals surface area contributed by atoms with Crippen LogP contribution in [0.25, 0.3) is 0 Å². The van der Waals surface area contributed by atoms with Gasteiger partial charge in [-0.25, -0.2) is 0 Å². The van der Waals surface area contributed by atoms with E-state index in [1.165, 1.54) is 0 Å². The van der Waals surface area contributed by atoms with Gasteiger partial charge in [0.1, 0.15) is 0 Å². The van der Waals surface area contributed by atoms with Crippen molar-refractivity contribution in [1.82, 2.24) is 4.90 Å². The van der Waals surface area contributed by atoms with Crippen LogP contribution in [0.15, 0.2) is 30.3 Å². The molecular formula is C17H27NO2. The lowest BCUT2D eigenvalue weighted by atomic mass is 9.91. The van der Waals surface area contributed by atoms with Crippen molar-refractivity contribution in [3.8, 4) is 0 Å². The van der Waals surface area contributed by atoms with Crippen LogP contribution in [0.1, 0.15) is 46.6 Å². The van der Waals surface area contributed by atoms with E-state index < -0.39 is 5.60 Å². The van der Waals surface area contributed by atoms with E-state index in [2.05, 4.69) is 20.8 Å². The summed E-state index contributed by atoms with van der Waals surface area (Å²) in [6.45, 7) is 10.5. The number of rotatable bonds is 5. The second kappa shape index (κ2) is 6.40. The fourth-order valence-electron chi connectivity index (χ4n) is 2.07. The summed E-state index contributed by atoms with van der Waals surface area (Å²) in [6.07, 6.45) is 0.482. The van der Waals surface area contributed by atoms with Crippen molar-refractivity contribution in [2.45, 2.75) is 53.2 Å². The number of carbonyl (C=O) groups is 1. The van der Waals surface area contributed by atoms with Gasteiger partial charge < -0.3 is 10.0 Å². The van der Waals surface area contributed by atoms with Crippen molar-refractivity contribution in [3.05, 3.63) is 35.9 Å². The molecule has 1 rings (SSSR count). The van der Waals surface area contributed by atoms with E-state index in [0.29, 0.717) is 19.5 Å². The van der Waals surface area contributed by atoms with Gasteiger partial charge in [0.2, 0.25) is 5.91 Å². The van der Waals surface area contributed by atoms with Crippen LogP contribution in [0.4, 0.5) is 0 Å². The molecule has 0 heterocycles. The molecule has 0 radical (unpaired) electrons. The summed E-state index contributed by atoms with van der Waals surface area (Å²) in [5.74, 6) is 0.0866. The number of carbonyl (C=O) groups excluding carboxylic acids is 1. The Morgan fingerprint density at radius 1 is 1.10 bits per heavy atom. The largest absolute Gasteiger partial charge is 0.389 e. The van der Waals surface area contributed by atoms with E-state index in [1.807, 2.05) is 30.3 Å². The van der Waals surface area contributed by atoms with E-state index >= 15 is 0 Å². The minimum absolute atomic E-state index is 0.0500. The van der Waals surface area contributed by atoms with E-state index in [9.17, 15) is 9.90 Å². The maximum absolute atomic E-state index is 12.5. The molecule has 20 heavy (non-hydrogen) atoms. The third kappa shape index (κ3) is 6.71. The Morgan fingerprint density at radius 2 is 1.65 bits per heavy atom.